The maximum Gasteiger partial charge on any atom is 0.260 e. The summed E-state index contributed by atoms with van der Waals surface area (Å²) in [6, 6.07) is 4.90. The van der Waals surface area contributed by atoms with Crippen LogP contribution in [0.3, 0.4) is 0 Å². The molecule has 0 aliphatic rings. The van der Waals surface area contributed by atoms with Gasteiger partial charge in [-0.2, -0.15) is 0 Å². The summed E-state index contributed by atoms with van der Waals surface area (Å²) < 4.78 is 11.6. The summed E-state index contributed by atoms with van der Waals surface area (Å²) in [5, 5.41) is 3.24. The zero-order valence-corrected chi connectivity index (χ0v) is 14.3. The van der Waals surface area contributed by atoms with Crippen LogP contribution in [0.1, 0.15) is 17.3 Å². The average molecular weight is 423 g/mol. The lowest BCUT2D eigenvalue weighted by molar-refractivity contribution is 0.102. The van der Waals surface area contributed by atoms with Crippen LogP contribution in [0.25, 0.3) is 0 Å². The average Bonchev–Trinajstić information content (AvgIpc) is 2.80. The Bertz CT molecular complexity index is 643. The molecule has 1 aromatic heterocycles. The summed E-state index contributed by atoms with van der Waals surface area (Å²) >= 11 is 12.5. The second-order valence-electron chi connectivity index (χ2n) is 3.76. The minimum atomic E-state index is -0.319. The lowest BCUT2D eigenvalue weighted by Crippen LogP contribution is -2.13. The quantitative estimate of drug-likeness (QED) is 0.744. The molecule has 1 heterocycles. The van der Waals surface area contributed by atoms with E-state index in [1.54, 1.807) is 18.2 Å². The first-order valence-corrected chi connectivity index (χ1v) is 7.65. The van der Waals surface area contributed by atoms with Crippen LogP contribution in [0, 0.1) is 0 Å². The largest absolute Gasteiger partial charge is 0.491 e. The van der Waals surface area contributed by atoms with Crippen molar-refractivity contribution >= 4 is 55.1 Å². The number of hydrogen-bond acceptors (Lipinski definition) is 3. The first kappa shape index (κ1) is 15.4. The van der Waals surface area contributed by atoms with E-state index >= 15 is 0 Å². The molecule has 0 aliphatic carbocycles. The number of rotatable bonds is 4. The molecular formula is C13H10Br2ClNO3. The van der Waals surface area contributed by atoms with Crippen molar-refractivity contribution in [3.05, 3.63) is 44.2 Å². The predicted molar refractivity (Wildman–Crippen MR) is 84.7 cm³/mol. The normalized spacial score (nSPS) is 10.4. The van der Waals surface area contributed by atoms with E-state index in [1.807, 2.05) is 6.92 Å². The Labute approximate surface area is 137 Å². The van der Waals surface area contributed by atoms with Gasteiger partial charge in [-0.3, -0.25) is 4.79 Å². The van der Waals surface area contributed by atoms with Gasteiger partial charge >= 0.3 is 0 Å². The maximum atomic E-state index is 12.2. The number of hydrogen-bond donors (Lipinski definition) is 1. The lowest BCUT2D eigenvalue weighted by Gasteiger charge is -2.13. The molecule has 2 aromatic rings. The second kappa shape index (κ2) is 6.65. The van der Waals surface area contributed by atoms with Gasteiger partial charge in [0.05, 0.1) is 28.6 Å². The van der Waals surface area contributed by atoms with Gasteiger partial charge in [0.25, 0.3) is 5.91 Å². The monoisotopic (exact) mass is 421 g/mol. The zero-order valence-electron chi connectivity index (χ0n) is 10.4. The number of carbonyl (C=O) groups excluding carboxylic acids is 1. The number of benzene rings is 1. The molecule has 1 amide bonds. The Morgan fingerprint density at radius 2 is 2.20 bits per heavy atom. The van der Waals surface area contributed by atoms with E-state index in [0.29, 0.717) is 37.8 Å². The molecule has 0 unspecified atom stereocenters. The third-order valence-electron chi connectivity index (χ3n) is 2.41. The van der Waals surface area contributed by atoms with Gasteiger partial charge < -0.3 is 14.5 Å². The summed E-state index contributed by atoms with van der Waals surface area (Å²) in [6.07, 6.45) is 1.43. The Morgan fingerprint density at radius 1 is 1.45 bits per heavy atom. The summed E-state index contributed by atoms with van der Waals surface area (Å²) in [6.45, 7) is 2.33. The van der Waals surface area contributed by atoms with E-state index in [9.17, 15) is 4.79 Å². The van der Waals surface area contributed by atoms with Crippen LogP contribution in [0.15, 0.2) is 38.0 Å². The van der Waals surface area contributed by atoms with Crippen LogP contribution < -0.4 is 10.1 Å². The minimum absolute atomic E-state index is 0.319. The van der Waals surface area contributed by atoms with Crippen molar-refractivity contribution in [1.82, 2.24) is 0 Å². The SMILES string of the molecule is CCOc1c(Br)cc(Cl)cc1NC(=O)c1ccoc1Br. The number of furan rings is 1. The number of amides is 1. The Balaban J connectivity index is 2.33. The molecule has 0 bridgehead atoms. The zero-order chi connectivity index (χ0) is 14.7. The standard InChI is InChI=1S/C13H10Br2ClNO3/c1-2-19-11-9(14)5-7(16)6-10(11)17-13(18)8-3-4-20-12(8)15/h3-6H,2H2,1H3,(H,17,18). The van der Waals surface area contributed by atoms with E-state index in [1.165, 1.54) is 6.26 Å². The van der Waals surface area contributed by atoms with Gasteiger partial charge in [0.2, 0.25) is 0 Å². The van der Waals surface area contributed by atoms with Gasteiger partial charge in [-0.15, -0.1) is 0 Å². The maximum absolute atomic E-state index is 12.2. The van der Waals surface area contributed by atoms with Gasteiger partial charge in [-0.05, 0) is 57.0 Å². The lowest BCUT2D eigenvalue weighted by atomic mass is 10.2. The van der Waals surface area contributed by atoms with Crippen molar-refractivity contribution < 1.29 is 13.9 Å². The fourth-order valence-electron chi connectivity index (χ4n) is 1.59. The van der Waals surface area contributed by atoms with Crippen molar-refractivity contribution in [2.45, 2.75) is 6.92 Å². The number of anilines is 1. The molecule has 106 valence electrons. The Hall–Kier alpha value is -0.980. The molecule has 1 N–H and O–H groups in total. The molecule has 20 heavy (non-hydrogen) atoms. The van der Waals surface area contributed by atoms with Gasteiger partial charge in [0.15, 0.2) is 10.4 Å². The molecule has 0 atom stereocenters. The van der Waals surface area contributed by atoms with Crippen molar-refractivity contribution in [2.75, 3.05) is 11.9 Å². The summed E-state index contributed by atoms with van der Waals surface area (Å²) in [7, 11) is 0. The van der Waals surface area contributed by atoms with E-state index < -0.39 is 0 Å². The number of halogens is 3. The van der Waals surface area contributed by atoms with E-state index in [0.717, 1.165) is 0 Å². The van der Waals surface area contributed by atoms with E-state index in [-0.39, 0.29) is 5.91 Å². The summed E-state index contributed by atoms with van der Waals surface area (Å²) in [5.74, 6) is 0.214. The van der Waals surface area contributed by atoms with Crippen LogP contribution in [-0.2, 0) is 0 Å². The molecule has 1 aromatic carbocycles. The molecule has 7 heteroatoms. The Kier molecular flexibility index (Phi) is 5.12. The molecule has 0 radical (unpaired) electrons. The van der Waals surface area contributed by atoms with Crippen molar-refractivity contribution in [1.29, 1.82) is 0 Å². The molecule has 4 nitrogen and oxygen atoms in total. The van der Waals surface area contributed by atoms with Crippen molar-refractivity contribution in [2.24, 2.45) is 0 Å². The first-order chi connectivity index (χ1) is 9.52. The van der Waals surface area contributed by atoms with Crippen LogP contribution in [0.2, 0.25) is 5.02 Å². The molecule has 0 saturated heterocycles. The smallest absolute Gasteiger partial charge is 0.260 e. The van der Waals surface area contributed by atoms with Crippen LogP contribution in [-0.4, -0.2) is 12.5 Å². The van der Waals surface area contributed by atoms with Crippen molar-refractivity contribution in [3.63, 3.8) is 0 Å². The molecule has 0 aliphatic heterocycles. The molecule has 0 fully saturated rings. The van der Waals surface area contributed by atoms with Gasteiger partial charge in [-0.25, -0.2) is 0 Å². The van der Waals surface area contributed by atoms with Crippen LogP contribution >= 0.6 is 43.5 Å². The number of ether oxygens (including phenoxy) is 1. The van der Waals surface area contributed by atoms with Crippen molar-refractivity contribution in [3.8, 4) is 5.75 Å². The van der Waals surface area contributed by atoms with Crippen LogP contribution in [0.5, 0.6) is 5.75 Å². The highest BCUT2D eigenvalue weighted by atomic mass is 79.9. The molecule has 0 saturated carbocycles. The number of nitrogens with one attached hydrogen (secondary N) is 1. The van der Waals surface area contributed by atoms with Gasteiger partial charge in [0, 0.05) is 5.02 Å². The fraction of sp³-hybridized carbons (Fsp3) is 0.154. The fourth-order valence-corrected chi connectivity index (χ4v) is 2.93. The van der Waals surface area contributed by atoms with Crippen LogP contribution in [0.4, 0.5) is 5.69 Å². The molecule has 2 rings (SSSR count). The third-order valence-corrected chi connectivity index (χ3v) is 3.83. The van der Waals surface area contributed by atoms with Gasteiger partial charge in [0.1, 0.15) is 0 Å². The van der Waals surface area contributed by atoms with E-state index in [4.69, 9.17) is 20.8 Å². The molecular weight excluding hydrogens is 413 g/mol. The topological polar surface area (TPSA) is 51.5 Å². The Morgan fingerprint density at radius 3 is 2.80 bits per heavy atom. The first-order valence-electron chi connectivity index (χ1n) is 5.69. The third kappa shape index (κ3) is 3.37. The second-order valence-corrected chi connectivity index (χ2v) is 5.77. The number of carbonyl (C=O) groups is 1. The molecule has 0 spiro atoms. The highest BCUT2D eigenvalue weighted by Gasteiger charge is 2.17. The summed E-state index contributed by atoms with van der Waals surface area (Å²) in [5.41, 5.74) is 0.882. The van der Waals surface area contributed by atoms with Gasteiger partial charge in [-0.1, -0.05) is 11.6 Å². The summed E-state index contributed by atoms with van der Waals surface area (Å²) in [4.78, 5) is 12.2. The predicted octanol–water partition coefficient (Wildman–Crippen LogP) is 5.11. The highest BCUT2D eigenvalue weighted by molar-refractivity contribution is 9.10. The minimum Gasteiger partial charge on any atom is -0.491 e. The van der Waals surface area contributed by atoms with E-state index in [2.05, 4.69) is 37.2 Å². The highest BCUT2D eigenvalue weighted by Crippen LogP contribution is 2.37.